The van der Waals surface area contributed by atoms with E-state index in [1.807, 2.05) is 18.2 Å². The Morgan fingerprint density at radius 3 is 2.65 bits per heavy atom. The van der Waals surface area contributed by atoms with Gasteiger partial charge < -0.3 is 25.3 Å². The van der Waals surface area contributed by atoms with E-state index in [2.05, 4.69) is 5.32 Å². The van der Waals surface area contributed by atoms with Gasteiger partial charge in [-0.25, -0.2) is 0 Å². The molecule has 6 nitrogen and oxygen atoms in total. The van der Waals surface area contributed by atoms with Crippen LogP contribution in [0.15, 0.2) is 18.2 Å². The van der Waals surface area contributed by atoms with E-state index in [1.165, 1.54) is 12.8 Å². The SMILES string of the molecule is COc1cc(CNC(=O)C2(CN)CCOCC2)ccc1OC1CCCC1. The average Bonchev–Trinajstić information content (AvgIpc) is 3.20. The van der Waals surface area contributed by atoms with Gasteiger partial charge in [-0.05, 0) is 56.2 Å². The molecule has 144 valence electrons. The summed E-state index contributed by atoms with van der Waals surface area (Å²) in [5, 5.41) is 3.03. The normalized spacial score (nSPS) is 19.9. The summed E-state index contributed by atoms with van der Waals surface area (Å²) in [6.07, 6.45) is 6.29. The first kappa shape index (κ1) is 19.0. The molecule has 0 atom stereocenters. The summed E-state index contributed by atoms with van der Waals surface area (Å²) in [5.74, 6) is 1.49. The number of carbonyl (C=O) groups is 1. The van der Waals surface area contributed by atoms with Gasteiger partial charge in [-0.1, -0.05) is 6.07 Å². The molecule has 1 amide bonds. The second-order valence-corrected chi connectivity index (χ2v) is 7.29. The molecule has 6 heteroatoms. The van der Waals surface area contributed by atoms with Gasteiger partial charge in [0.25, 0.3) is 0 Å². The molecule has 0 aromatic heterocycles. The summed E-state index contributed by atoms with van der Waals surface area (Å²) in [6, 6.07) is 5.85. The first-order chi connectivity index (χ1) is 12.7. The fourth-order valence-electron chi connectivity index (χ4n) is 3.76. The summed E-state index contributed by atoms with van der Waals surface area (Å²) in [5.41, 5.74) is 6.37. The standard InChI is InChI=1S/C20H30N2O4/c1-24-18-12-15(6-7-17(18)26-16-4-2-3-5-16)13-22-19(23)20(14-21)8-10-25-11-9-20/h6-7,12,16H,2-5,8-11,13-14,21H2,1H3,(H,22,23). The molecule has 3 N–H and O–H groups in total. The van der Waals surface area contributed by atoms with Crippen LogP contribution < -0.4 is 20.5 Å². The number of rotatable bonds is 7. The Morgan fingerprint density at radius 2 is 2.00 bits per heavy atom. The Bertz CT molecular complexity index is 608. The number of ether oxygens (including phenoxy) is 3. The van der Waals surface area contributed by atoms with E-state index in [1.54, 1.807) is 7.11 Å². The lowest BCUT2D eigenvalue weighted by molar-refractivity contribution is -0.136. The van der Waals surface area contributed by atoms with Gasteiger partial charge in [0, 0.05) is 26.3 Å². The molecule has 0 spiro atoms. The molecular formula is C20H30N2O4. The Hall–Kier alpha value is -1.79. The lowest BCUT2D eigenvalue weighted by Gasteiger charge is -2.34. The minimum Gasteiger partial charge on any atom is -0.493 e. The highest BCUT2D eigenvalue weighted by atomic mass is 16.5. The Balaban J connectivity index is 1.61. The monoisotopic (exact) mass is 362 g/mol. The van der Waals surface area contributed by atoms with E-state index in [0.717, 1.165) is 24.2 Å². The van der Waals surface area contributed by atoms with Crippen LogP contribution >= 0.6 is 0 Å². The molecule has 1 aromatic rings. The van der Waals surface area contributed by atoms with E-state index >= 15 is 0 Å². The van der Waals surface area contributed by atoms with Gasteiger partial charge in [-0.2, -0.15) is 0 Å². The molecular weight excluding hydrogens is 332 g/mol. The van der Waals surface area contributed by atoms with Gasteiger partial charge in [-0.15, -0.1) is 0 Å². The van der Waals surface area contributed by atoms with Crippen molar-refractivity contribution in [3.05, 3.63) is 23.8 Å². The van der Waals surface area contributed by atoms with Crippen LogP contribution in [0, 0.1) is 5.41 Å². The highest BCUT2D eigenvalue weighted by molar-refractivity contribution is 5.83. The van der Waals surface area contributed by atoms with Crippen molar-refractivity contribution in [3.8, 4) is 11.5 Å². The summed E-state index contributed by atoms with van der Waals surface area (Å²) in [7, 11) is 1.64. The van der Waals surface area contributed by atoms with E-state index in [9.17, 15) is 4.79 Å². The van der Waals surface area contributed by atoms with Crippen LogP contribution in [0.5, 0.6) is 11.5 Å². The van der Waals surface area contributed by atoms with Crippen LogP contribution in [0.1, 0.15) is 44.1 Å². The third-order valence-electron chi connectivity index (χ3n) is 5.60. The second-order valence-electron chi connectivity index (χ2n) is 7.29. The second kappa shape index (κ2) is 8.73. The number of carbonyl (C=O) groups excluding carboxylic acids is 1. The van der Waals surface area contributed by atoms with Gasteiger partial charge in [0.15, 0.2) is 11.5 Å². The van der Waals surface area contributed by atoms with E-state index in [4.69, 9.17) is 19.9 Å². The van der Waals surface area contributed by atoms with E-state index in [-0.39, 0.29) is 12.0 Å². The Morgan fingerprint density at radius 1 is 1.27 bits per heavy atom. The van der Waals surface area contributed by atoms with Gasteiger partial charge in [-0.3, -0.25) is 4.79 Å². The highest BCUT2D eigenvalue weighted by Gasteiger charge is 2.38. The van der Waals surface area contributed by atoms with E-state index < -0.39 is 5.41 Å². The molecule has 0 unspecified atom stereocenters. The molecule has 1 aliphatic carbocycles. The van der Waals surface area contributed by atoms with Gasteiger partial charge >= 0.3 is 0 Å². The number of nitrogens with one attached hydrogen (secondary N) is 1. The van der Waals surface area contributed by atoms with Crippen LogP contribution in [0.25, 0.3) is 0 Å². The quantitative estimate of drug-likeness (QED) is 0.778. The first-order valence-electron chi connectivity index (χ1n) is 9.56. The predicted molar refractivity (Wildman–Crippen MR) is 99.3 cm³/mol. The first-order valence-corrected chi connectivity index (χ1v) is 9.56. The number of hydrogen-bond acceptors (Lipinski definition) is 5. The van der Waals surface area contributed by atoms with Crippen LogP contribution in [0.4, 0.5) is 0 Å². The zero-order valence-corrected chi connectivity index (χ0v) is 15.6. The van der Waals surface area contributed by atoms with Crippen LogP contribution in [-0.2, 0) is 16.1 Å². The number of hydrogen-bond donors (Lipinski definition) is 2. The maximum atomic E-state index is 12.7. The third-order valence-corrected chi connectivity index (χ3v) is 5.60. The summed E-state index contributed by atoms with van der Waals surface area (Å²) < 4.78 is 16.9. The fourth-order valence-corrected chi connectivity index (χ4v) is 3.76. The summed E-state index contributed by atoms with van der Waals surface area (Å²) in [4.78, 5) is 12.7. The average molecular weight is 362 g/mol. The van der Waals surface area contributed by atoms with E-state index in [0.29, 0.717) is 44.9 Å². The molecule has 1 aliphatic heterocycles. The van der Waals surface area contributed by atoms with Crippen molar-refractivity contribution in [1.82, 2.24) is 5.32 Å². The number of amides is 1. The molecule has 26 heavy (non-hydrogen) atoms. The van der Waals surface area contributed by atoms with Crippen LogP contribution in [0.3, 0.4) is 0 Å². The van der Waals surface area contributed by atoms with Gasteiger partial charge in [0.05, 0.1) is 18.6 Å². The molecule has 2 fully saturated rings. The minimum absolute atomic E-state index is 0.00792. The topological polar surface area (TPSA) is 82.8 Å². The van der Waals surface area contributed by atoms with Crippen molar-refractivity contribution in [2.45, 2.75) is 51.2 Å². The van der Waals surface area contributed by atoms with Crippen molar-refractivity contribution < 1.29 is 19.0 Å². The molecule has 0 radical (unpaired) electrons. The molecule has 1 saturated heterocycles. The lowest BCUT2D eigenvalue weighted by Crippen LogP contribution is -2.48. The molecule has 0 bridgehead atoms. The smallest absolute Gasteiger partial charge is 0.227 e. The Kier molecular flexibility index (Phi) is 6.38. The zero-order valence-electron chi connectivity index (χ0n) is 15.6. The largest absolute Gasteiger partial charge is 0.493 e. The van der Waals surface area contributed by atoms with Crippen molar-refractivity contribution in [2.75, 3.05) is 26.9 Å². The number of benzene rings is 1. The van der Waals surface area contributed by atoms with Crippen molar-refractivity contribution in [1.29, 1.82) is 0 Å². The maximum absolute atomic E-state index is 12.7. The zero-order chi connectivity index (χ0) is 18.4. The summed E-state index contributed by atoms with van der Waals surface area (Å²) >= 11 is 0. The number of nitrogens with two attached hydrogens (primary N) is 1. The Labute approximate surface area is 155 Å². The number of methoxy groups -OCH3 is 1. The minimum atomic E-state index is -0.506. The molecule has 3 rings (SSSR count). The molecule has 1 aromatic carbocycles. The maximum Gasteiger partial charge on any atom is 0.227 e. The predicted octanol–water partition coefficient (Wildman–Crippen LogP) is 2.39. The summed E-state index contributed by atoms with van der Waals surface area (Å²) in [6.45, 7) is 1.97. The van der Waals surface area contributed by atoms with Gasteiger partial charge in [0.2, 0.25) is 5.91 Å². The third kappa shape index (κ3) is 4.30. The highest BCUT2D eigenvalue weighted by Crippen LogP contribution is 2.33. The van der Waals surface area contributed by atoms with Crippen molar-refractivity contribution >= 4 is 5.91 Å². The van der Waals surface area contributed by atoms with Crippen LogP contribution in [-0.4, -0.2) is 38.9 Å². The molecule has 2 aliphatic rings. The fraction of sp³-hybridized carbons (Fsp3) is 0.650. The van der Waals surface area contributed by atoms with Gasteiger partial charge in [0.1, 0.15) is 0 Å². The van der Waals surface area contributed by atoms with Crippen molar-refractivity contribution in [3.63, 3.8) is 0 Å². The molecule has 1 saturated carbocycles. The lowest BCUT2D eigenvalue weighted by atomic mass is 9.79. The molecule has 1 heterocycles. The van der Waals surface area contributed by atoms with Crippen LogP contribution in [0.2, 0.25) is 0 Å². The van der Waals surface area contributed by atoms with Crippen molar-refractivity contribution in [2.24, 2.45) is 11.1 Å².